The fourth-order valence-corrected chi connectivity index (χ4v) is 2.25. The first-order chi connectivity index (χ1) is 8.78. The summed E-state index contributed by atoms with van der Waals surface area (Å²) in [5, 5.41) is 4.30. The highest BCUT2D eigenvalue weighted by Gasteiger charge is 2.25. The zero-order valence-electron chi connectivity index (χ0n) is 11.0. The van der Waals surface area contributed by atoms with Crippen molar-refractivity contribution in [2.45, 2.75) is 38.6 Å². The Morgan fingerprint density at radius 1 is 1.44 bits per heavy atom. The Labute approximate surface area is 115 Å². The van der Waals surface area contributed by atoms with E-state index in [1.165, 1.54) is 25.7 Å². The molecule has 2 nitrogen and oxygen atoms in total. The number of halogens is 1. The summed E-state index contributed by atoms with van der Waals surface area (Å²) in [5.41, 5.74) is 0. The van der Waals surface area contributed by atoms with E-state index in [-0.39, 0.29) is 0 Å². The summed E-state index contributed by atoms with van der Waals surface area (Å²) in [5.74, 6) is 1.78. The molecule has 0 heterocycles. The van der Waals surface area contributed by atoms with E-state index >= 15 is 0 Å². The highest BCUT2D eigenvalue weighted by molar-refractivity contribution is 6.30. The molecule has 3 heteroatoms. The Balaban J connectivity index is 1.79. The second kappa shape index (κ2) is 7.01. The van der Waals surface area contributed by atoms with Crippen LogP contribution in [-0.2, 0) is 0 Å². The molecule has 0 amide bonds. The predicted molar refractivity (Wildman–Crippen MR) is 76.4 cm³/mol. The van der Waals surface area contributed by atoms with Crippen molar-refractivity contribution in [3.63, 3.8) is 0 Å². The van der Waals surface area contributed by atoms with Crippen LogP contribution in [0.5, 0.6) is 5.75 Å². The molecular formula is C15H22ClNO. The van der Waals surface area contributed by atoms with E-state index in [9.17, 15) is 0 Å². The van der Waals surface area contributed by atoms with E-state index in [4.69, 9.17) is 16.3 Å². The van der Waals surface area contributed by atoms with Gasteiger partial charge in [0.25, 0.3) is 0 Å². The first kappa shape index (κ1) is 13.7. The average Bonchev–Trinajstić information content (AvgIpc) is 3.17. The summed E-state index contributed by atoms with van der Waals surface area (Å²) in [6, 6.07) is 8.09. The largest absolute Gasteiger partial charge is 0.492 e. The van der Waals surface area contributed by atoms with Gasteiger partial charge in [0.15, 0.2) is 0 Å². The minimum absolute atomic E-state index is 0.469. The van der Waals surface area contributed by atoms with Gasteiger partial charge < -0.3 is 10.1 Å². The van der Waals surface area contributed by atoms with E-state index < -0.39 is 0 Å². The molecule has 1 aliphatic rings. The maximum atomic E-state index is 5.94. The van der Waals surface area contributed by atoms with Crippen LogP contribution >= 0.6 is 11.6 Å². The lowest BCUT2D eigenvalue weighted by atomic mass is 10.1. The zero-order chi connectivity index (χ0) is 12.8. The third kappa shape index (κ3) is 4.87. The second-order valence-electron chi connectivity index (χ2n) is 5.10. The molecule has 1 fully saturated rings. The molecule has 1 aromatic rings. The summed E-state index contributed by atoms with van der Waals surface area (Å²) in [7, 11) is 0. The van der Waals surface area contributed by atoms with Crippen LogP contribution in [0.25, 0.3) is 0 Å². The Kier molecular flexibility index (Phi) is 5.33. The Morgan fingerprint density at radius 2 is 2.28 bits per heavy atom. The smallest absolute Gasteiger partial charge is 0.120 e. The first-order valence-electron chi connectivity index (χ1n) is 6.89. The SMILES string of the molecule is CCCNC(COc1cccc(Cl)c1)CC1CC1. The lowest BCUT2D eigenvalue weighted by Gasteiger charge is -2.19. The molecule has 2 rings (SSSR count). The molecule has 0 aromatic heterocycles. The fourth-order valence-electron chi connectivity index (χ4n) is 2.07. The molecule has 1 saturated carbocycles. The quantitative estimate of drug-likeness (QED) is 0.772. The molecule has 0 aliphatic heterocycles. The summed E-state index contributed by atoms with van der Waals surface area (Å²) in [6.07, 6.45) is 5.18. The van der Waals surface area contributed by atoms with Gasteiger partial charge in [-0.05, 0) is 43.5 Å². The Morgan fingerprint density at radius 3 is 2.94 bits per heavy atom. The number of nitrogens with one attached hydrogen (secondary N) is 1. The second-order valence-corrected chi connectivity index (χ2v) is 5.53. The number of ether oxygens (including phenoxy) is 1. The van der Waals surface area contributed by atoms with Crippen molar-refractivity contribution in [2.24, 2.45) is 5.92 Å². The molecule has 100 valence electrons. The third-order valence-corrected chi connectivity index (χ3v) is 3.48. The van der Waals surface area contributed by atoms with Crippen LogP contribution in [0.3, 0.4) is 0 Å². The number of hydrogen-bond donors (Lipinski definition) is 1. The maximum Gasteiger partial charge on any atom is 0.120 e. The first-order valence-corrected chi connectivity index (χ1v) is 7.27. The maximum absolute atomic E-state index is 5.94. The van der Waals surface area contributed by atoms with Gasteiger partial charge in [-0.25, -0.2) is 0 Å². The molecule has 1 N–H and O–H groups in total. The molecule has 1 aromatic carbocycles. The van der Waals surface area contributed by atoms with Gasteiger partial charge in [0, 0.05) is 11.1 Å². The van der Waals surface area contributed by atoms with Crippen molar-refractivity contribution in [2.75, 3.05) is 13.2 Å². The molecule has 0 saturated heterocycles. The Hall–Kier alpha value is -0.730. The lowest BCUT2D eigenvalue weighted by Crippen LogP contribution is -2.35. The van der Waals surface area contributed by atoms with Crippen LogP contribution in [0, 0.1) is 5.92 Å². The molecule has 1 atom stereocenters. The monoisotopic (exact) mass is 267 g/mol. The van der Waals surface area contributed by atoms with E-state index in [0.717, 1.165) is 29.8 Å². The summed E-state index contributed by atoms with van der Waals surface area (Å²) >= 11 is 5.94. The number of benzene rings is 1. The van der Waals surface area contributed by atoms with E-state index in [1.807, 2.05) is 24.3 Å². The van der Waals surface area contributed by atoms with E-state index in [0.29, 0.717) is 6.04 Å². The standard InChI is InChI=1S/C15H22ClNO/c1-2-8-17-14(9-12-6-7-12)11-18-15-5-3-4-13(16)10-15/h3-5,10,12,14,17H,2,6-9,11H2,1H3. The normalized spacial score (nSPS) is 16.6. The van der Waals surface area contributed by atoms with Crippen LogP contribution in [-0.4, -0.2) is 19.2 Å². The molecule has 0 radical (unpaired) electrons. The highest BCUT2D eigenvalue weighted by Crippen LogP contribution is 2.33. The topological polar surface area (TPSA) is 21.3 Å². The Bertz CT molecular complexity index is 365. The molecule has 1 aliphatic carbocycles. The van der Waals surface area contributed by atoms with Crippen LogP contribution in [0.2, 0.25) is 5.02 Å². The number of rotatable bonds is 8. The van der Waals surface area contributed by atoms with Gasteiger partial charge in [0.1, 0.15) is 12.4 Å². The minimum Gasteiger partial charge on any atom is -0.492 e. The van der Waals surface area contributed by atoms with Gasteiger partial charge in [-0.2, -0.15) is 0 Å². The minimum atomic E-state index is 0.469. The lowest BCUT2D eigenvalue weighted by molar-refractivity contribution is 0.252. The predicted octanol–water partition coefficient (Wildman–Crippen LogP) is 3.89. The van der Waals surface area contributed by atoms with Crippen molar-refractivity contribution in [3.05, 3.63) is 29.3 Å². The molecular weight excluding hydrogens is 246 g/mol. The van der Waals surface area contributed by atoms with Gasteiger partial charge in [-0.1, -0.05) is 37.4 Å². The van der Waals surface area contributed by atoms with Crippen molar-refractivity contribution in [1.82, 2.24) is 5.32 Å². The molecule has 0 bridgehead atoms. The van der Waals surface area contributed by atoms with Crippen molar-refractivity contribution >= 4 is 11.6 Å². The zero-order valence-corrected chi connectivity index (χ0v) is 11.7. The van der Waals surface area contributed by atoms with Crippen LogP contribution in [0.1, 0.15) is 32.6 Å². The average molecular weight is 268 g/mol. The summed E-state index contributed by atoms with van der Waals surface area (Å²) in [6.45, 7) is 3.99. The number of hydrogen-bond acceptors (Lipinski definition) is 2. The van der Waals surface area contributed by atoms with Gasteiger partial charge in [-0.3, -0.25) is 0 Å². The molecule has 0 spiro atoms. The van der Waals surface area contributed by atoms with E-state index in [2.05, 4.69) is 12.2 Å². The van der Waals surface area contributed by atoms with Crippen molar-refractivity contribution < 1.29 is 4.74 Å². The highest BCUT2D eigenvalue weighted by atomic mass is 35.5. The van der Waals surface area contributed by atoms with Crippen molar-refractivity contribution in [3.8, 4) is 5.75 Å². The van der Waals surface area contributed by atoms with Gasteiger partial charge in [-0.15, -0.1) is 0 Å². The third-order valence-electron chi connectivity index (χ3n) is 3.25. The van der Waals surface area contributed by atoms with Crippen LogP contribution < -0.4 is 10.1 Å². The van der Waals surface area contributed by atoms with Crippen LogP contribution in [0.15, 0.2) is 24.3 Å². The molecule has 1 unspecified atom stereocenters. The van der Waals surface area contributed by atoms with Gasteiger partial charge in [0.2, 0.25) is 0 Å². The summed E-state index contributed by atoms with van der Waals surface area (Å²) in [4.78, 5) is 0. The van der Waals surface area contributed by atoms with Crippen molar-refractivity contribution in [1.29, 1.82) is 0 Å². The molecule has 18 heavy (non-hydrogen) atoms. The van der Waals surface area contributed by atoms with Gasteiger partial charge >= 0.3 is 0 Å². The van der Waals surface area contributed by atoms with Gasteiger partial charge in [0.05, 0.1) is 0 Å². The summed E-state index contributed by atoms with van der Waals surface area (Å²) < 4.78 is 5.83. The van der Waals surface area contributed by atoms with E-state index in [1.54, 1.807) is 0 Å². The fraction of sp³-hybridized carbons (Fsp3) is 0.600. The van der Waals surface area contributed by atoms with Crippen LogP contribution in [0.4, 0.5) is 0 Å².